The Balaban J connectivity index is 1.93. The van der Waals surface area contributed by atoms with Crippen LogP contribution >= 0.6 is 11.3 Å². The van der Waals surface area contributed by atoms with Crippen LogP contribution < -0.4 is 5.73 Å². The van der Waals surface area contributed by atoms with E-state index in [0.29, 0.717) is 11.7 Å². The molecule has 0 saturated heterocycles. The highest BCUT2D eigenvalue weighted by Crippen LogP contribution is 2.19. The molecule has 0 aliphatic rings. The molecule has 0 aliphatic carbocycles. The van der Waals surface area contributed by atoms with Crippen molar-refractivity contribution in [3.63, 3.8) is 0 Å². The van der Waals surface area contributed by atoms with Gasteiger partial charge in [0.15, 0.2) is 0 Å². The molecule has 2 rings (SSSR count). The zero-order chi connectivity index (χ0) is 11.4. The Kier molecular flexibility index (Phi) is 3.63. The molecule has 1 atom stereocenters. The number of aromatic nitrogens is 3. The summed E-state index contributed by atoms with van der Waals surface area (Å²) in [6.45, 7) is 2.00. The molecular formula is C10H14N4OS. The summed E-state index contributed by atoms with van der Waals surface area (Å²) >= 11 is 1.50. The van der Waals surface area contributed by atoms with E-state index >= 15 is 0 Å². The maximum atomic E-state index is 5.67. The van der Waals surface area contributed by atoms with Crippen LogP contribution in [0.5, 0.6) is 0 Å². The standard InChI is InChI=1S/C10H14N4OS/c1-7(11)3-2-4-9-13-10(14-15-9)8-5-12-6-16-8/h5-7H,2-4,11H2,1H3. The van der Waals surface area contributed by atoms with Crippen molar-refractivity contribution in [1.82, 2.24) is 15.1 Å². The van der Waals surface area contributed by atoms with Crippen LogP contribution in [0.2, 0.25) is 0 Å². The molecule has 0 spiro atoms. The molecule has 0 saturated carbocycles. The van der Waals surface area contributed by atoms with Crippen molar-refractivity contribution in [2.75, 3.05) is 0 Å². The van der Waals surface area contributed by atoms with E-state index < -0.39 is 0 Å². The monoisotopic (exact) mass is 238 g/mol. The Morgan fingerprint density at radius 1 is 1.56 bits per heavy atom. The Bertz CT molecular complexity index is 424. The van der Waals surface area contributed by atoms with Crippen molar-refractivity contribution in [1.29, 1.82) is 0 Å². The van der Waals surface area contributed by atoms with E-state index in [1.807, 2.05) is 6.92 Å². The first-order valence-corrected chi connectivity index (χ1v) is 6.10. The normalized spacial score (nSPS) is 12.9. The molecule has 0 fully saturated rings. The van der Waals surface area contributed by atoms with Crippen LogP contribution in [0.15, 0.2) is 16.2 Å². The number of hydrogen-bond donors (Lipinski definition) is 1. The van der Waals surface area contributed by atoms with E-state index in [1.165, 1.54) is 11.3 Å². The van der Waals surface area contributed by atoms with Crippen LogP contribution in [-0.2, 0) is 6.42 Å². The average Bonchev–Trinajstić information content (AvgIpc) is 2.85. The van der Waals surface area contributed by atoms with Gasteiger partial charge >= 0.3 is 0 Å². The highest BCUT2D eigenvalue weighted by Gasteiger charge is 2.09. The maximum Gasteiger partial charge on any atom is 0.226 e. The molecular weight excluding hydrogens is 224 g/mol. The van der Waals surface area contributed by atoms with Gasteiger partial charge in [0.05, 0.1) is 10.4 Å². The van der Waals surface area contributed by atoms with E-state index in [-0.39, 0.29) is 6.04 Å². The molecule has 0 radical (unpaired) electrons. The number of nitrogens with zero attached hydrogens (tertiary/aromatic N) is 3. The quantitative estimate of drug-likeness (QED) is 0.860. The predicted molar refractivity (Wildman–Crippen MR) is 62.0 cm³/mol. The summed E-state index contributed by atoms with van der Waals surface area (Å²) in [5.74, 6) is 1.29. The highest BCUT2D eigenvalue weighted by molar-refractivity contribution is 7.13. The van der Waals surface area contributed by atoms with Gasteiger partial charge in [-0.15, -0.1) is 11.3 Å². The summed E-state index contributed by atoms with van der Waals surface area (Å²) in [7, 11) is 0. The Hall–Kier alpha value is -1.27. The molecule has 0 aromatic carbocycles. The zero-order valence-corrected chi connectivity index (χ0v) is 9.91. The van der Waals surface area contributed by atoms with Gasteiger partial charge in [0.25, 0.3) is 0 Å². The number of nitrogens with two attached hydrogens (primary N) is 1. The lowest BCUT2D eigenvalue weighted by atomic mass is 10.1. The van der Waals surface area contributed by atoms with E-state index in [1.54, 1.807) is 11.7 Å². The van der Waals surface area contributed by atoms with Crippen LogP contribution in [0.25, 0.3) is 10.7 Å². The molecule has 0 bridgehead atoms. The summed E-state index contributed by atoms with van der Waals surface area (Å²) in [5.41, 5.74) is 7.42. The maximum absolute atomic E-state index is 5.67. The van der Waals surface area contributed by atoms with Crippen LogP contribution in [0.3, 0.4) is 0 Å². The molecule has 2 heterocycles. The molecule has 6 heteroatoms. The SMILES string of the molecule is CC(N)CCCc1nc(-c2cncs2)no1. The summed E-state index contributed by atoms with van der Waals surface area (Å²) in [4.78, 5) is 9.21. The van der Waals surface area contributed by atoms with Gasteiger partial charge in [-0.1, -0.05) is 5.16 Å². The van der Waals surface area contributed by atoms with E-state index in [4.69, 9.17) is 10.3 Å². The minimum absolute atomic E-state index is 0.226. The predicted octanol–water partition coefficient (Wildman–Crippen LogP) is 1.86. The zero-order valence-electron chi connectivity index (χ0n) is 9.09. The Morgan fingerprint density at radius 2 is 2.44 bits per heavy atom. The second kappa shape index (κ2) is 5.18. The fraction of sp³-hybridized carbons (Fsp3) is 0.500. The van der Waals surface area contributed by atoms with Gasteiger partial charge in [0.1, 0.15) is 0 Å². The van der Waals surface area contributed by atoms with Crippen molar-refractivity contribution in [3.8, 4) is 10.7 Å². The topological polar surface area (TPSA) is 77.8 Å². The highest BCUT2D eigenvalue weighted by atomic mass is 32.1. The molecule has 0 aliphatic heterocycles. The molecule has 5 nitrogen and oxygen atoms in total. The smallest absolute Gasteiger partial charge is 0.226 e. The fourth-order valence-corrected chi connectivity index (χ4v) is 1.90. The van der Waals surface area contributed by atoms with Gasteiger partial charge in [-0.05, 0) is 19.8 Å². The molecule has 0 amide bonds. The van der Waals surface area contributed by atoms with Crippen molar-refractivity contribution in [2.45, 2.75) is 32.2 Å². The number of hydrogen-bond acceptors (Lipinski definition) is 6. The van der Waals surface area contributed by atoms with Gasteiger partial charge in [-0.25, -0.2) is 0 Å². The fourth-order valence-electron chi connectivity index (χ4n) is 1.36. The van der Waals surface area contributed by atoms with E-state index in [9.17, 15) is 0 Å². The van der Waals surface area contributed by atoms with Crippen LogP contribution in [-0.4, -0.2) is 21.2 Å². The van der Waals surface area contributed by atoms with Gasteiger partial charge < -0.3 is 10.3 Å². The van der Waals surface area contributed by atoms with Crippen molar-refractivity contribution in [3.05, 3.63) is 17.6 Å². The van der Waals surface area contributed by atoms with E-state index in [0.717, 1.165) is 24.1 Å². The molecule has 2 N–H and O–H groups in total. The molecule has 2 aromatic rings. The molecule has 2 aromatic heterocycles. The number of rotatable bonds is 5. The van der Waals surface area contributed by atoms with Crippen LogP contribution in [0.1, 0.15) is 25.7 Å². The van der Waals surface area contributed by atoms with Crippen LogP contribution in [0, 0.1) is 0 Å². The van der Waals surface area contributed by atoms with Gasteiger partial charge in [-0.2, -0.15) is 4.98 Å². The lowest BCUT2D eigenvalue weighted by Crippen LogP contribution is -2.14. The summed E-state index contributed by atoms with van der Waals surface area (Å²) in [6, 6.07) is 0.226. The minimum Gasteiger partial charge on any atom is -0.339 e. The number of thiazole rings is 1. The Morgan fingerprint density at radius 3 is 3.12 bits per heavy atom. The van der Waals surface area contributed by atoms with Crippen LogP contribution in [0.4, 0.5) is 0 Å². The van der Waals surface area contributed by atoms with Crippen molar-refractivity contribution in [2.24, 2.45) is 5.73 Å². The van der Waals surface area contributed by atoms with Crippen molar-refractivity contribution >= 4 is 11.3 Å². The lowest BCUT2D eigenvalue weighted by molar-refractivity contribution is 0.373. The lowest BCUT2D eigenvalue weighted by Gasteiger charge is -2.00. The van der Waals surface area contributed by atoms with Gasteiger partial charge in [0, 0.05) is 18.7 Å². The summed E-state index contributed by atoms with van der Waals surface area (Å²) < 4.78 is 5.15. The third-order valence-corrected chi connectivity index (χ3v) is 2.94. The minimum atomic E-state index is 0.226. The summed E-state index contributed by atoms with van der Waals surface area (Å²) in [5, 5.41) is 3.91. The second-order valence-electron chi connectivity index (χ2n) is 3.75. The van der Waals surface area contributed by atoms with Gasteiger partial charge in [-0.3, -0.25) is 4.98 Å². The average molecular weight is 238 g/mol. The van der Waals surface area contributed by atoms with E-state index in [2.05, 4.69) is 15.1 Å². The molecule has 16 heavy (non-hydrogen) atoms. The first-order chi connectivity index (χ1) is 7.75. The summed E-state index contributed by atoms with van der Waals surface area (Å²) in [6.07, 6.45) is 4.47. The first-order valence-electron chi connectivity index (χ1n) is 5.22. The number of aryl methyl sites for hydroxylation is 1. The third kappa shape index (κ3) is 2.86. The largest absolute Gasteiger partial charge is 0.339 e. The second-order valence-corrected chi connectivity index (χ2v) is 4.63. The molecule has 86 valence electrons. The van der Waals surface area contributed by atoms with Gasteiger partial charge in [0.2, 0.25) is 11.7 Å². The first kappa shape index (κ1) is 11.2. The molecule has 1 unspecified atom stereocenters. The third-order valence-electron chi connectivity index (χ3n) is 2.17. The Labute approximate surface area is 97.7 Å². The van der Waals surface area contributed by atoms with Crippen molar-refractivity contribution < 1.29 is 4.52 Å².